The number of fused-ring (bicyclic) bond motifs is 1. The van der Waals surface area contributed by atoms with Crippen LogP contribution in [0.2, 0.25) is 5.02 Å². The third kappa shape index (κ3) is 4.70. The van der Waals surface area contributed by atoms with Crippen molar-refractivity contribution < 1.29 is 13.2 Å². The minimum atomic E-state index is -3.79. The average molecular weight is 514 g/mol. The zero-order chi connectivity index (χ0) is 23.7. The van der Waals surface area contributed by atoms with Crippen molar-refractivity contribution in [1.82, 2.24) is 14.9 Å². The van der Waals surface area contributed by atoms with Gasteiger partial charge in [0, 0.05) is 48.6 Å². The molecule has 5 rings (SSSR count). The molecule has 34 heavy (non-hydrogen) atoms. The molecule has 0 radical (unpaired) electrons. The monoisotopic (exact) mass is 513 g/mol. The number of sulfonamides is 1. The molecule has 11 heteroatoms. The standard InChI is InChI=1S/C23H20ClN5O3S2/c24-17-6-9-19-20(15-17)33-23(26-19)29-13-11-28(12-14-29)22(30)16-4-7-18(8-5-16)27-34(31,32)21-3-1-2-10-25-21/h1-10,15,27H,11-14H2. The lowest BCUT2D eigenvalue weighted by Crippen LogP contribution is -2.48. The second-order valence-corrected chi connectivity index (χ2v) is 10.8. The van der Waals surface area contributed by atoms with Gasteiger partial charge in [-0.15, -0.1) is 0 Å². The molecular weight excluding hydrogens is 494 g/mol. The number of hydrogen-bond acceptors (Lipinski definition) is 7. The number of aromatic nitrogens is 2. The van der Waals surface area contributed by atoms with Crippen LogP contribution in [0, 0.1) is 0 Å². The molecule has 0 unspecified atom stereocenters. The van der Waals surface area contributed by atoms with Crippen LogP contribution in [0.15, 0.2) is 71.9 Å². The van der Waals surface area contributed by atoms with Crippen molar-refractivity contribution in [3.05, 3.63) is 77.4 Å². The number of hydrogen-bond donors (Lipinski definition) is 1. The van der Waals surface area contributed by atoms with Gasteiger partial charge in [-0.05, 0) is 54.6 Å². The van der Waals surface area contributed by atoms with E-state index < -0.39 is 10.0 Å². The molecule has 0 bridgehead atoms. The van der Waals surface area contributed by atoms with Crippen LogP contribution in [0.25, 0.3) is 10.2 Å². The zero-order valence-corrected chi connectivity index (χ0v) is 20.3. The second kappa shape index (κ2) is 9.21. The SMILES string of the molecule is O=C(c1ccc(NS(=O)(=O)c2ccccn2)cc1)N1CCN(c2nc3ccc(Cl)cc3s2)CC1. The molecule has 8 nitrogen and oxygen atoms in total. The third-order valence-corrected chi connectivity index (χ3v) is 8.08. The van der Waals surface area contributed by atoms with Crippen LogP contribution >= 0.6 is 22.9 Å². The molecule has 1 aliphatic rings. The molecular formula is C23H20ClN5O3S2. The summed E-state index contributed by atoms with van der Waals surface area (Å²) in [6.07, 6.45) is 1.42. The fraction of sp³-hybridized carbons (Fsp3) is 0.174. The predicted molar refractivity (Wildman–Crippen MR) is 134 cm³/mol. The van der Waals surface area contributed by atoms with Crippen molar-refractivity contribution in [1.29, 1.82) is 0 Å². The molecule has 1 fully saturated rings. The van der Waals surface area contributed by atoms with E-state index in [1.807, 2.05) is 18.2 Å². The van der Waals surface area contributed by atoms with Gasteiger partial charge in [0.15, 0.2) is 10.2 Å². The van der Waals surface area contributed by atoms with Crippen LogP contribution in [-0.2, 0) is 10.0 Å². The van der Waals surface area contributed by atoms with Crippen molar-refractivity contribution in [3.63, 3.8) is 0 Å². The number of nitrogens with one attached hydrogen (secondary N) is 1. The molecule has 1 amide bonds. The van der Waals surface area contributed by atoms with E-state index in [0.717, 1.165) is 15.3 Å². The Hall–Kier alpha value is -3.21. The summed E-state index contributed by atoms with van der Waals surface area (Å²) in [6.45, 7) is 2.51. The first-order valence-corrected chi connectivity index (χ1v) is 13.2. The third-order valence-electron chi connectivity index (χ3n) is 5.47. The van der Waals surface area contributed by atoms with Crippen LogP contribution in [0.1, 0.15) is 10.4 Å². The van der Waals surface area contributed by atoms with E-state index in [0.29, 0.717) is 42.5 Å². The zero-order valence-electron chi connectivity index (χ0n) is 17.9. The van der Waals surface area contributed by atoms with Crippen molar-refractivity contribution in [2.75, 3.05) is 35.8 Å². The summed E-state index contributed by atoms with van der Waals surface area (Å²) in [5.74, 6) is -0.0881. The van der Waals surface area contributed by atoms with Gasteiger partial charge in [-0.1, -0.05) is 29.0 Å². The van der Waals surface area contributed by atoms with Gasteiger partial charge >= 0.3 is 0 Å². The highest BCUT2D eigenvalue weighted by atomic mass is 35.5. The van der Waals surface area contributed by atoms with Crippen molar-refractivity contribution in [2.45, 2.75) is 5.03 Å². The number of rotatable bonds is 5. The normalized spacial score (nSPS) is 14.4. The number of anilines is 2. The molecule has 0 saturated carbocycles. The number of carbonyl (C=O) groups is 1. The molecule has 3 heterocycles. The lowest BCUT2D eigenvalue weighted by molar-refractivity contribution is 0.0747. The Morgan fingerprint density at radius 1 is 1.00 bits per heavy atom. The summed E-state index contributed by atoms with van der Waals surface area (Å²) in [6, 6.07) is 16.7. The smallest absolute Gasteiger partial charge is 0.279 e. The first-order valence-electron chi connectivity index (χ1n) is 10.5. The summed E-state index contributed by atoms with van der Waals surface area (Å²) in [7, 11) is -3.79. The van der Waals surface area contributed by atoms with Gasteiger partial charge < -0.3 is 9.80 Å². The summed E-state index contributed by atoms with van der Waals surface area (Å²) in [5, 5.41) is 1.55. The Morgan fingerprint density at radius 2 is 1.76 bits per heavy atom. The van der Waals surface area contributed by atoms with E-state index in [9.17, 15) is 13.2 Å². The predicted octanol–water partition coefficient (Wildman–Crippen LogP) is 4.11. The molecule has 2 aromatic heterocycles. The molecule has 2 aromatic carbocycles. The highest BCUT2D eigenvalue weighted by molar-refractivity contribution is 7.92. The lowest BCUT2D eigenvalue weighted by atomic mass is 10.1. The molecule has 1 N–H and O–H groups in total. The Labute approximate surface area is 205 Å². The van der Waals surface area contributed by atoms with Gasteiger partial charge in [0.2, 0.25) is 0 Å². The number of nitrogens with zero attached hydrogens (tertiary/aromatic N) is 4. The summed E-state index contributed by atoms with van der Waals surface area (Å²) in [4.78, 5) is 25.5. The Bertz CT molecular complexity index is 1430. The second-order valence-electron chi connectivity index (χ2n) is 7.74. The fourth-order valence-electron chi connectivity index (χ4n) is 3.70. The molecule has 0 aliphatic carbocycles. The van der Waals surface area contributed by atoms with Crippen LogP contribution in [-0.4, -0.2) is 55.4 Å². The quantitative estimate of drug-likeness (QED) is 0.431. The van der Waals surface area contributed by atoms with E-state index in [2.05, 4.69) is 19.6 Å². The van der Waals surface area contributed by atoms with Gasteiger partial charge in [0.05, 0.1) is 10.2 Å². The maximum absolute atomic E-state index is 13.0. The molecule has 174 valence electrons. The van der Waals surface area contributed by atoms with E-state index in [4.69, 9.17) is 11.6 Å². The number of benzene rings is 2. The molecule has 0 atom stereocenters. The van der Waals surface area contributed by atoms with Crippen molar-refractivity contribution >= 4 is 59.9 Å². The van der Waals surface area contributed by atoms with Gasteiger partial charge in [0.1, 0.15) is 0 Å². The van der Waals surface area contributed by atoms with Gasteiger partial charge in [-0.25, -0.2) is 9.97 Å². The van der Waals surface area contributed by atoms with Crippen molar-refractivity contribution in [3.8, 4) is 0 Å². The van der Waals surface area contributed by atoms with E-state index in [1.165, 1.54) is 12.3 Å². The number of carbonyl (C=O) groups excluding carboxylic acids is 1. The fourth-order valence-corrected chi connectivity index (χ4v) is 6.00. The maximum Gasteiger partial charge on any atom is 0.279 e. The Morgan fingerprint density at radius 3 is 2.47 bits per heavy atom. The first kappa shape index (κ1) is 22.6. The van der Waals surface area contributed by atoms with Crippen LogP contribution in [0.4, 0.5) is 10.8 Å². The highest BCUT2D eigenvalue weighted by Crippen LogP contribution is 2.31. The topological polar surface area (TPSA) is 95.5 Å². The number of pyridine rings is 1. The largest absolute Gasteiger partial charge is 0.345 e. The lowest BCUT2D eigenvalue weighted by Gasteiger charge is -2.34. The molecule has 4 aromatic rings. The minimum absolute atomic E-state index is 0.0655. The number of piperazine rings is 1. The Kier molecular flexibility index (Phi) is 6.11. The summed E-state index contributed by atoms with van der Waals surface area (Å²) >= 11 is 7.67. The number of thiazole rings is 1. The molecule has 1 aliphatic heterocycles. The maximum atomic E-state index is 13.0. The van der Waals surface area contributed by atoms with Gasteiger partial charge in [0.25, 0.3) is 15.9 Å². The van der Waals surface area contributed by atoms with E-state index >= 15 is 0 Å². The Balaban J connectivity index is 1.21. The summed E-state index contributed by atoms with van der Waals surface area (Å²) in [5.41, 5.74) is 1.79. The van der Waals surface area contributed by atoms with Gasteiger partial charge in [-0.3, -0.25) is 9.52 Å². The van der Waals surface area contributed by atoms with E-state index in [1.54, 1.807) is 52.6 Å². The van der Waals surface area contributed by atoms with Crippen LogP contribution in [0.3, 0.4) is 0 Å². The number of amides is 1. The van der Waals surface area contributed by atoms with E-state index in [-0.39, 0.29) is 10.9 Å². The molecule has 0 spiro atoms. The van der Waals surface area contributed by atoms with Gasteiger partial charge in [-0.2, -0.15) is 8.42 Å². The average Bonchev–Trinajstić information content (AvgIpc) is 3.28. The highest BCUT2D eigenvalue weighted by Gasteiger charge is 2.24. The minimum Gasteiger partial charge on any atom is -0.345 e. The van der Waals surface area contributed by atoms with Crippen LogP contribution < -0.4 is 9.62 Å². The van der Waals surface area contributed by atoms with Crippen molar-refractivity contribution in [2.24, 2.45) is 0 Å². The first-order chi connectivity index (χ1) is 16.4. The number of halogens is 1. The van der Waals surface area contributed by atoms with Crippen LogP contribution in [0.5, 0.6) is 0 Å². The summed E-state index contributed by atoms with van der Waals surface area (Å²) < 4.78 is 28.4. The molecule has 1 saturated heterocycles.